The quantitative estimate of drug-likeness (QED) is 0.291. The third kappa shape index (κ3) is 5.82. The number of ether oxygens (including phenoxy) is 2. The van der Waals surface area contributed by atoms with Crippen LogP contribution in [0.2, 0.25) is 10.0 Å². The molecule has 150 valence electrons. The van der Waals surface area contributed by atoms with Crippen LogP contribution in [0.3, 0.4) is 0 Å². The lowest BCUT2D eigenvalue weighted by molar-refractivity contribution is -0.0498. The van der Waals surface area contributed by atoms with Crippen LogP contribution in [0.4, 0.5) is 8.78 Å². The number of alkyl halides is 2. The predicted octanol–water partition coefficient (Wildman–Crippen LogP) is 6.66. The van der Waals surface area contributed by atoms with E-state index in [0.717, 1.165) is 0 Å². The van der Waals surface area contributed by atoms with Gasteiger partial charge in [-0.3, -0.25) is 4.79 Å². The minimum atomic E-state index is -2.91. The number of hydrogen-bond donors (Lipinski definition) is 0. The lowest BCUT2D eigenvalue weighted by Gasteiger charge is -2.07. The van der Waals surface area contributed by atoms with Crippen molar-refractivity contribution in [2.45, 2.75) is 13.2 Å². The zero-order valence-corrected chi connectivity index (χ0v) is 16.3. The van der Waals surface area contributed by atoms with Gasteiger partial charge in [0.15, 0.2) is 11.5 Å². The molecule has 29 heavy (non-hydrogen) atoms. The molecule has 2 aromatic carbocycles. The van der Waals surface area contributed by atoms with Gasteiger partial charge in [-0.15, -0.1) is 0 Å². The van der Waals surface area contributed by atoms with E-state index in [9.17, 15) is 13.6 Å². The standard InChI is InChI=1S/C21H14Cl2F2O4/c22-17-2-1-3-18(23)20(17)27-12-16-9-8-14(28-16)10-11-19(26)13-4-6-15(7-5-13)29-21(24)25/h1-11,21H,12H2/b11-10+. The zero-order chi connectivity index (χ0) is 20.8. The summed E-state index contributed by atoms with van der Waals surface area (Å²) >= 11 is 12.1. The third-order valence-electron chi connectivity index (χ3n) is 3.72. The molecule has 0 spiro atoms. The number of allylic oxidation sites excluding steroid dienone is 1. The van der Waals surface area contributed by atoms with Gasteiger partial charge in [0.2, 0.25) is 0 Å². The molecule has 0 saturated heterocycles. The van der Waals surface area contributed by atoms with Crippen molar-refractivity contribution in [3.8, 4) is 11.5 Å². The largest absolute Gasteiger partial charge is 0.483 e. The normalized spacial score (nSPS) is 11.2. The molecular weight excluding hydrogens is 425 g/mol. The molecule has 0 N–H and O–H groups in total. The molecular formula is C21H14Cl2F2O4. The van der Waals surface area contributed by atoms with Gasteiger partial charge in [-0.05, 0) is 60.7 Å². The average molecular weight is 439 g/mol. The summed E-state index contributed by atoms with van der Waals surface area (Å²) in [6, 6.07) is 13.8. The lowest BCUT2D eigenvalue weighted by Crippen LogP contribution is -2.02. The van der Waals surface area contributed by atoms with Crippen LogP contribution in [-0.2, 0) is 6.61 Å². The Morgan fingerprint density at radius 1 is 1.03 bits per heavy atom. The van der Waals surface area contributed by atoms with E-state index in [2.05, 4.69) is 4.74 Å². The van der Waals surface area contributed by atoms with Crippen molar-refractivity contribution in [2.24, 2.45) is 0 Å². The molecule has 3 rings (SSSR count). The van der Waals surface area contributed by atoms with Gasteiger partial charge in [-0.1, -0.05) is 29.3 Å². The highest BCUT2D eigenvalue weighted by Crippen LogP contribution is 2.33. The van der Waals surface area contributed by atoms with Crippen molar-refractivity contribution >= 4 is 35.1 Å². The zero-order valence-electron chi connectivity index (χ0n) is 14.8. The van der Waals surface area contributed by atoms with Gasteiger partial charge >= 0.3 is 6.61 Å². The van der Waals surface area contributed by atoms with Crippen molar-refractivity contribution in [3.63, 3.8) is 0 Å². The maximum atomic E-state index is 12.2. The molecule has 0 bridgehead atoms. The van der Waals surface area contributed by atoms with Crippen molar-refractivity contribution < 1.29 is 27.5 Å². The van der Waals surface area contributed by atoms with Crippen LogP contribution in [0.5, 0.6) is 11.5 Å². The molecule has 0 amide bonds. The Labute approximate surface area is 175 Å². The molecule has 0 saturated carbocycles. The number of para-hydroxylation sites is 1. The van der Waals surface area contributed by atoms with Gasteiger partial charge in [0.05, 0.1) is 10.0 Å². The van der Waals surface area contributed by atoms with Crippen molar-refractivity contribution in [1.29, 1.82) is 0 Å². The van der Waals surface area contributed by atoms with E-state index in [1.807, 2.05) is 0 Å². The number of ketones is 1. The highest BCUT2D eigenvalue weighted by Gasteiger charge is 2.09. The van der Waals surface area contributed by atoms with Gasteiger partial charge in [0.25, 0.3) is 0 Å². The highest BCUT2D eigenvalue weighted by molar-refractivity contribution is 6.37. The van der Waals surface area contributed by atoms with Gasteiger partial charge in [-0.2, -0.15) is 8.78 Å². The first kappa shape index (κ1) is 20.9. The number of carbonyl (C=O) groups excluding carboxylic acids is 1. The van der Waals surface area contributed by atoms with Gasteiger partial charge in [0, 0.05) is 5.56 Å². The van der Waals surface area contributed by atoms with Gasteiger partial charge in [0.1, 0.15) is 23.9 Å². The Kier molecular flexibility index (Phi) is 6.90. The highest BCUT2D eigenvalue weighted by atomic mass is 35.5. The summed E-state index contributed by atoms with van der Waals surface area (Å²) in [7, 11) is 0. The molecule has 0 aliphatic rings. The maximum Gasteiger partial charge on any atom is 0.387 e. The van der Waals surface area contributed by atoms with Crippen LogP contribution >= 0.6 is 23.2 Å². The average Bonchev–Trinajstić information content (AvgIpc) is 3.14. The van der Waals surface area contributed by atoms with E-state index in [1.165, 1.54) is 36.4 Å². The molecule has 1 aromatic heterocycles. The molecule has 0 aliphatic carbocycles. The Hall–Kier alpha value is -2.83. The Morgan fingerprint density at radius 2 is 1.72 bits per heavy atom. The van der Waals surface area contributed by atoms with Crippen molar-refractivity contribution in [3.05, 3.63) is 87.8 Å². The van der Waals surface area contributed by atoms with E-state index in [1.54, 1.807) is 30.3 Å². The number of furan rings is 1. The van der Waals surface area contributed by atoms with Crippen LogP contribution < -0.4 is 9.47 Å². The molecule has 0 unspecified atom stereocenters. The van der Waals surface area contributed by atoms with E-state index in [-0.39, 0.29) is 18.1 Å². The predicted molar refractivity (Wildman–Crippen MR) is 106 cm³/mol. The monoisotopic (exact) mass is 438 g/mol. The number of carbonyl (C=O) groups is 1. The second-order valence-electron chi connectivity index (χ2n) is 5.74. The van der Waals surface area contributed by atoms with Crippen LogP contribution in [0.25, 0.3) is 6.08 Å². The van der Waals surface area contributed by atoms with Crippen LogP contribution in [0.15, 0.2) is 65.1 Å². The molecule has 0 aliphatic heterocycles. The topological polar surface area (TPSA) is 48.7 Å². The van der Waals surface area contributed by atoms with Crippen LogP contribution in [0.1, 0.15) is 21.9 Å². The fraction of sp³-hybridized carbons (Fsp3) is 0.0952. The summed E-state index contributed by atoms with van der Waals surface area (Å²) in [5, 5.41) is 0.777. The Morgan fingerprint density at radius 3 is 2.38 bits per heavy atom. The smallest absolute Gasteiger partial charge is 0.387 e. The summed E-state index contributed by atoms with van der Waals surface area (Å²) < 4.78 is 39.7. The summed E-state index contributed by atoms with van der Waals surface area (Å²) in [4.78, 5) is 12.2. The summed E-state index contributed by atoms with van der Waals surface area (Å²) in [5.74, 6) is 0.987. The summed E-state index contributed by atoms with van der Waals surface area (Å²) in [5.41, 5.74) is 0.325. The SMILES string of the molecule is O=C(/C=C/c1ccc(COc2c(Cl)cccc2Cl)o1)c1ccc(OC(F)F)cc1. The molecule has 1 heterocycles. The lowest BCUT2D eigenvalue weighted by atomic mass is 10.1. The molecule has 8 heteroatoms. The second-order valence-corrected chi connectivity index (χ2v) is 6.56. The first-order valence-corrected chi connectivity index (χ1v) is 9.11. The fourth-order valence-electron chi connectivity index (χ4n) is 2.38. The van der Waals surface area contributed by atoms with Crippen molar-refractivity contribution in [2.75, 3.05) is 0 Å². The molecule has 0 radical (unpaired) electrons. The van der Waals surface area contributed by atoms with Gasteiger partial charge in [-0.25, -0.2) is 0 Å². The van der Waals surface area contributed by atoms with Gasteiger partial charge < -0.3 is 13.9 Å². The maximum absolute atomic E-state index is 12.2. The van der Waals surface area contributed by atoms with E-state index < -0.39 is 6.61 Å². The fourth-order valence-corrected chi connectivity index (χ4v) is 2.89. The number of hydrogen-bond acceptors (Lipinski definition) is 4. The minimum Gasteiger partial charge on any atom is -0.483 e. The van der Waals surface area contributed by atoms with E-state index in [4.69, 9.17) is 32.4 Å². The summed E-state index contributed by atoms with van der Waals surface area (Å²) in [6.07, 6.45) is 2.81. The number of benzene rings is 2. The molecule has 3 aromatic rings. The first-order valence-electron chi connectivity index (χ1n) is 8.35. The Bertz CT molecular complexity index is 994. The third-order valence-corrected chi connectivity index (χ3v) is 4.32. The second kappa shape index (κ2) is 9.58. The van der Waals surface area contributed by atoms with Crippen LogP contribution in [-0.4, -0.2) is 12.4 Å². The van der Waals surface area contributed by atoms with Crippen molar-refractivity contribution in [1.82, 2.24) is 0 Å². The number of rotatable bonds is 8. The first-order chi connectivity index (χ1) is 13.9. The molecule has 0 fully saturated rings. The molecule has 4 nitrogen and oxygen atoms in total. The number of halogens is 4. The summed E-state index contributed by atoms with van der Waals surface area (Å²) in [6.45, 7) is -2.81. The molecule has 0 atom stereocenters. The van der Waals surface area contributed by atoms with E-state index >= 15 is 0 Å². The van der Waals surface area contributed by atoms with E-state index in [0.29, 0.717) is 32.9 Å². The minimum absolute atomic E-state index is 0.0187. The van der Waals surface area contributed by atoms with Crippen LogP contribution in [0, 0.1) is 0 Å². The Balaban J connectivity index is 1.59.